The summed E-state index contributed by atoms with van der Waals surface area (Å²) in [6.45, 7) is 5.98. The second-order valence-electron chi connectivity index (χ2n) is 24.0. The van der Waals surface area contributed by atoms with E-state index in [0.717, 1.165) is 10.5 Å². The van der Waals surface area contributed by atoms with Crippen LogP contribution in [0.4, 0.5) is 9.18 Å². The second kappa shape index (κ2) is 29.6. The number of amides is 10. The number of hydrogen-bond donors (Lipinski definition) is 8. The lowest BCUT2D eigenvalue weighted by molar-refractivity contribution is -0.172. The van der Waals surface area contributed by atoms with Gasteiger partial charge < -0.3 is 56.8 Å². The summed E-state index contributed by atoms with van der Waals surface area (Å²) in [5.74, 6) is -7.18. The third-order valence-electron chi connectivity index (χ3n) is 16.4. The highest BCUT2D eigenvalue weighted by Crippen LogP contribution is 2.46. The molecule has 91 heavy (non-hydrogen) atoms. The average Bonchev–Trinajstić information content (AvgIpc) is 1.62. The molecule has 4 aromatic rings. The standard InChI is InChI=1S/C64H78FN11O15/c1-6-64(89)41-29-47-57-39(33-75(47)59(85)40(41)35-90-61(64)87)56-43(22-21-38-36(2)42(65)30-45(73-57)55(38)56)70-49(78)20-15-26-67-50(79)31-69-58(84)46(28-37-16-9-7-10-17-37)72-51(80)32-68-52(81)34-76(62(88)91-63(3,4)5)60(86)44(18-12-13-25-66)71-48(77)19-11-8-14-27-74-53(82)23-24-54(74)83/h7,9-10,16-17,23-24,29-30,43-44,46,89H,6,8,11-15,18-22,25-28,31-35,66H2,1-5H3,(H,67,79)(H,68,81)(H,69,84)(H,70,78)(H,71,77)(H,72,80)/t43-,44-,46-,64-/m0/s1. The van der Waals surface area contributed by atoms with Crippen LogP contribution in [0.15, 0.2) is 59.4 Å². The van der Waals surface area contributed by atoms with Crippen LogP contribution in [-0.4, -0.2) is 147 Å². The number of nitrogens with one attached hydrogen (secondary N) is 6. The van der Waals surface area contributed by atoms with E-state index in [4.69, 9.17) is 20.2 Å². The zero-order valence-electron chi connectivity index (χ0n) is 51.7. The molecule has 2 aromatic heterocycles. The van der Waals surface area contributed by atoms with Crippen molar-refractivity contribution in [1.29, 1.82) is 0 Å². The van der Waals surface area contributed by atoms with Crippen molar-refractivity contribution in [3.8, 4) is 11.4 Å². The number of carbonyl (C=O) groups is 11. The zero-order chi connectivity index (χ0) is 65.9. The van der Waals surface area contributed by atoms with E-state index < -0.39 is 120 Å². The van der Waals surface area contributed by atoms with E-state index in [2.05, 4.69) is 31.9 Å². The number of ether oxygens (including phenoxy) is 2. The van der Waals surface area contributed by atoms with Crippen LogP contribution in [0.3, 0.4) is 0 Å². The highest BCUT2D eigenvalue weighted by Gasteiger charge is 2.46. The summed E-state index contributed by atoms with van der Waals surface area (Å²) in [6, 6.07) is 8.39. The molecule has 9 N–H and O–H groups in total. The van der Waals surface area contributed by atoms with Gasteiger partial charge in [-0.1, -0.05) is 43.7 Å². The zero-order valence-corrected chi connectivity index (χ0v) is 51.7. The van der Waals surface area contributed by atoms with Crippen LogP contribution in [0.5, 0.6) is 0 Å². The molecule has 5 heterocycles. The molecule has 4 atom stereocenters. The third kappa shape index (κ3) is 16.2. The SMILES string of the molecule is CC[C@@]1(O)C(=O)OCc2c1cc1n(c2=O)Cc2c-1nc1cc(F)c(C)c3c1c2[C@@H](NC(=O)CCCNC(=O)CNC(=O)[C@H](Cc1ccccc1)NC(=O)CNC(=O)CN(C(=O)OC(C)(C)C)C(=O)[C@H](CCCCN)NC(=O)CCCCCN1C(=O)C=CC1=O)CC3. The van der Waals surface area contributed by atoms with Crippen molar-refractivity contribution < 1.29 is 71.7 Å². The molecule has 0 radical (unpaired) electrons. The van der Waals surface area contributed by atoms with E-state index >= 15 is 4.39 Å². The molecule has 8 rings (SSSR count). The van der Waals surface area contributed by atoms with E-state index in [1.807, 2.05) is 0 Å². The summed E-state index contributed by atoms with van der Waals surface area (Å²) >= 11 is 0. The minimum absolute atomic E-state index is 0.0291. The fourth-order valence-corrected chi connectivity index (χ4v) is 11.6. The van der Waals surface area contributed by atoms with Crippen molar-refractivity contribution in [2.45, 2.75) is 161 Å². The van der Waals surface area contributed by atoms with Crippen LogP contribution in [0.2, 0.25) is 0 Å². The number of aryl methyl sites for hydroxylation is 1. The van der Waals surface area contributed by atoms with Gasteiger partial charge in [0.05, 0.1) is 48.1 Å². The first-order chi connectivity index (χ1) is 43.3. The maximum absolute atomic E-state index is 15.5. The maximum Gasteiger partial charge on any atom is 0.417 e. The average molecular weight is 1260 g/mol. The van der Waals surface area contributed by atoms with Crippen molar-refractivity contribution in [1.82, 2.24) is 51.3 Å². The second-order valence-corrected chi connectivity index (χ2v) is 24.0. The summed E-state index contributed by atoms with van der Waals surface area (Å²) < 4.78 is 27.7. The Kier molecular flexibility index (Phi) is 22.0. The van der Waals surface area contributed by atoms with Gasteiger partial charge in [-0.25, -0.2) is 23.9 Å². The predicted octanol–water partition coefficient (Wildman–Crippen LogP) is 2.35. The molecule has 1 aliphatic carbocycles. The Morgan fingerprint density at radius 1 is 0.835 bits per heavy atom. The Morgan fingerprint density at radius 2 is 1.54 bits per heavy atom. The molecule has 0 saturated carbocycles. The Balaban J connectivity index is 0.839. The summed E-state index contributed by atoms with van der Waals surface area (Å²) in [5, 5.41) is 28.0. The van der Waals surface area contributed by atoms with Crippen molar-refractivity contribution in [3.63, 3.8) is 0 Å². The molecule has 0 unspecified atom stereocenters. The Bertz CT molecular complexity index is 3620. The summed E-state index contributed by atoms with van der Waals surface area (Å²) in [4.78, 5) is 166. The summed E-state index contributed by atoms with van der Waals surface area (Å²) in [5.41, 5.74) is 6.46. The van der Waals surface area contributed by atoms with Crippen LogP contribution in [0.25, 0.3) is 22.3 Å². The largest absolute Gasteiger partial charge is 0.458 e. The number of unbranched alkanes of at least 4 members (excludes halogenated alkanes) is 3. The molecular formula is C64H78FN11O15. The monoisotopic (exact) mass is 1260 g/mol. The van der Waals surface area contributed by atoms with Crippen molar-refractivity contribution >= 4 is 76.1 Å². The van der Waals surface area contributed by atoms with E-state index in [-0.39, 0.29) is 88.3 Å². The highest BCUT2D eigenvalue weighted by atomic mass is 19.1. The number of esters is 1. The number of rotatable bonds is 28. The number of imide groups is 2. The summed E-state index contributed by atoms with van der Waals surface area (Å²) in [6.07, 6.45) is 4.16. The molecule has 0 saturated heterocycles. The first-order valence-electron chi connectivity index (χ1n) is 30.6. The number of halogens is 1. The number of pyridine rings is 2. The van der Waals surface area contributed by atoms with Crippen LogP contribution in [0.1, 0.15) is 143 Å². The van der Waals surface area contributed by atoms with Gasteiger partial charge in [0.2, 0.25) is 35.4 Å². The van der Waals surface area contributed by atoms with Gasteiger partial charge in [-0.15, -0.1) is 0 Å². The molecular weight excluding hydrogens is 1180 g/mol. The number of hydrogen-bond acceptors (Lipinski definition) is 17. The topological polar surface area (TPSA) is 366 Å². The van der Waals surface area contributed by atoms with E-state index in [1.165, 1.54) is 22.8 Å². The van der Waals surface area contributed by atoms with Gasteiger partial charge in [0.25, 0.3) is 23.3 Å². The van der Waals surface area contributed by atoms with Gasteiger partial charge in [-0.2, -0.15) is 0 Å². The minimum atomic E-state index is -2.06. The lowest BCUT2D eigenvalue weighted by Gasteiger charge is -2.31. The number of cyclic esters (lactones) is 1. The predicted molar refractivity (Wildman–Crippen MR) is 326 cm³/mol. The fraction of sp³-hybridized carbons (Fsp3) is 0.484. The van der Waals surface area contributed by atoms with Crippen molar-refractivity contribution in [3.05, 3.63) is 110 Å². The van der Waals surface area contributed by atoms with Crippen molar-refractivity contribution in [2.24, 2.45) is 5.73 Å². The number of nitrogens with two attached hydrogens (primary N) is 1. The van der Waals surface area contributed by atoms with Gasteiger partial charge in [-0.3, -0.25) is 52.8 Å². The molecule has 0 bridgehead atoms. The van der Waals surface area contributed by atoms with Gasteiger partial charge in [0, 0.05) is 67.1 Å². The van der Waals surface area contributed by atoms with Crippen LogP contribution in [-0.2, 0) is 89.0 Å². The molecule has 0 spiro atoms. The lowest BCUT2D eigenvalue weighted by atomic mass is 9.81. The van der Waals surface area contributed by atoms with E-state index in [9.17, 15) is 62.6 Å². The quantitative estimate of drug-likeness (QED) is 0.0202. The third-order valence-corrected chi connectivity index (χ3v) is 16.4. The van der Waals surface area contributed by atoms with Crippen LogP contribution in [0, 0.1) is 12.7 Å². The van der Waals surface area contributed by atoms with E-state index in [1.54, 1.807) is 71.0 Å². The van der Waals surface area contributed by atoms with Gasteiger partial charge in [0.1, 0.15) is 36.7 Å². The van der Waals surface area contributed by atoms with E-state index in [0.29, 0.717) is 94.4 Å². The molecule has 4 aliphatic rings. The smallest absolute Gasteiger partial charge is 0.417 e. The first-order valence-corrected chi connectivity index (χ1v) is 30.6. The molecule has 26 nitrogen and oxygen atoms in total. The maximum atomic E-state index is 15.5. The molecule has 486 valence electrons. The molecule has 10 amide bonds. The number of fused-ring (bicyclic) bond motifs is 5. The number of nitrogens with zero attached hydrogens (tertiary/aromatic N) is 4. The number of aromatic nitrogens is 2. The van der Waals surface area contributed by atoms with Gasteiger partial charge in [0.15, 0.2) is 5.60 Å². The minimum Gasteiger partial charge on any atom is -0.458 e. The Hall–Kier alpha value is -9.24. The Morgan fingerprint density at radius 3 is 2.24 bits per heavy atom. The van der Waals surface area contributed by atoms with Gasteiger partial charge >= 0.3 is 12.1 Å². The molecule has 3 aliphatic heterocycles. The Labute approximate surface area is 524 Å². The molecule has 2 aromatic carbocycles. The molecule has 0 fully saturated rings. The number of aliphatic hydroxyl groups is 1. The van der Waals surface area contributed by atoms with Crippen LogP contribution < -0.4 is 43.2 Å². The first kappa shape index (κ1) is 67.7. The summed E-state index contributed by atoms with van der Waals surface area (Å²) in [7, 11) is 0. The lowest BCUT2D eigenvalue weighted by Crippen LogP contribution is -2.55. The highest BCUT2D eigenvalue weighted by molar-refractivity contribution is 6.13. The fourth-order valence-electron chi connectivity index (χ4n) is 11.6. The normalized spacial score (nSPS) is 16.8. The van der Waals surface area contributed by atoms with Crippen LogP contribution >= 0.6 is 0 Å². The van der Waals surface area contributed by atoms with Gasteiger partial charge in [-0.05, 0) is 120 Å². The van der Waals surface area contributed by atoms with Crippen molar-refractivity contribution in [2.75, 3.05) is 39.3 Å². The number of carbonyl (C=O) groups excluding carboxylic acids is 11. The molecule has 27 heteroatoms. The number of benzene rings is 2.